The lowest BCUT2D eigenvalue weighted by Crippen LogP contribution is -2.35. The number of benzene rings is 1. The van der Waals surface area contributed by atoms with E-state index in [4.69, 9.17) is 9.72 Å². The highest BCUT2D eigenvalue weighted by Gasteiger charge is 2.33. The van der Waals surface area contributed by atoms with E-state index >= 15 is 0 Å². The summed E-state index contributed by atoms with van der Waals surface area (Å²) >= 11 is 0. The van der Waals surface area contributed by atoms with Gasteiger partial charge in [-0.1, -0.05) is 12.1 Å². The average Bonchev–Trinajstić information content (AvgIpc) is 3.32. The van der Waals surface area contributed by atoms with Crippen molar-refractivity contribution < 1.29 is 9.53 Å². The van der Waals surface area contributed by atoms with Crippen molar-refractivity contribution in [2.45, 2.75) is 32.4 Å². The van der Waals surface area contributed by atoms with Gasteiger partial charge in [0, 0.05) is 19.2 Å². The van der Waals surface area contributed by atoms with E-state index < -0.39 is 0 Å². The molecule has 7 nitrogen and oxygen atoms in total. The predicted octanol–water partition coefficient (Wildman–Crippen LogP) is 3.83. The summed E-state index contributed by atoms with van der Waals surface area (Å²) < 4.78 is 7.27. The molecule has 7 heteroatoms. The summed E-state index contributed by atoms with van der Waals surface area (Å²) in [7, 11) is 1.56. The van der Waals surface area contributed by atoms with E-state index in [-0.39, 0.29) is 12.1 Å². The summed E-state index contributed by atoms with van der Waals surface area (Å²) in [5.74, 6) is 1.47. The molecular weight excluding hydrogens is 342 g/mol. The van der Waals surface area contributed by atoms with Gasteiger partial charge in [0.25, 0.3) is 0 Å². The van der Waals surface area contributed by atoms with Gasteiger partial charge >= 0.3 is 6.03 Å². The Morgan fingerprint density at radius 2 is 2.15 bits per heavy atom. The van der Waals surface area contributed by atoms with Crippen LogP contribution in [0.5, 0.6) is 5.88 Å². The summed E-state index contributed by atoms with van der Waals surface area (Å²) in [6.07, 6.45) is 3.48. The molecule has 2 aromatic heterocycles. The van der Waals surface area contributed by atoms with Gasteiger partial charge in [0.2, 0.25) is 5.88 Å². The Labute approximate surface area is 158 Å². The highest BCUT2D eigenvalue weighted by Crippen LogP contribution is 2.33. The van der Waals surface area contributed by atoms with Crippen molar-refractivity contribution in [1.29, 1.82) is 0 Å². The summed E-state index contributed by atoms with van der Waals surface area (Å²) in [6, 6.07) is 11.5. The van der Waals surface area contributed by atoms with Crippen molar-refractivity contribution in [3.8, 4) is 5.88 Å². The van der Waals surface area contributed by atoms with E-state index in [1.807, 2.05) is 23.1 Å². The minimum Gasteiger partial charge on any atom is -0.481 e. The fourth-order valence-electron chi connectivity index (χ4n) is 3.73. The third kappa shape index (κ3) is 3.20. The molecule has 1 aliphatic rings. The maximum atomic E-state index is 12.9. The van der Waals surface area contributed by atoms with Gasteiger partial charge in [0.1, 0.15) is 5.82 Å². The quantitative estimate of drug-likeness (QED) is 0.763. The molecule has 3 heterocycles. The number of urea groups is 1. The van der Waals surface area contributed by atoms with Crippen LogP contribution in [-0.2, 0) is 6.54 Å². The molecule has 1 saturated heterocycles. The highest BCUT2D eigenvalue weighted by molar-refractivity contribution is 5.89. The van der Waals surface area contributed by atoms with Gasteiger partial charge in [-0.25, -0.2) is 14.8 Å². The van der Waals surface area contributed by atoms with Gasteiger partial charge in [0.15, 0.2) is 0 Å². The molecule has 3 aromatic rings. The molecule has 27 heavy (non-hydrogen) atoms. The van der Waals surface area contributed by atoms with Crippen LogP contribution in [0.3, 0.4) is 0 Å². The molecule has 0 unspecified atom stereocenters. The number of rotatable bonds is 4. The van der Waals surface area contributed by atoms with Gasteiger partial charge < -0.3 is 19.5 Å². The molecule has 0 aliphatic carbocycles. The van der Waals surface area contributed by atoms with Crippen LogP contribution in [0.2, 0.25) is 0 Å². The van der Waals surface area contributed by atoms with Crippen LogP contribution in [0.1, 0.15) is 31.6 Å². The average molecular weight is 365 g/mol. The van der Waals surface area contributed by atoms with Crippen molar-refractivity contribution >= 4 is 22.8 Å². The second kappa shape index (κ2) is 7.26. The number of methoxy groups -OCH3 is 1. The smallest absolute Gasteiger partial charge is 0.322 e. The van der Waals surface area contributed by atoms with Crippen molar-refractivity contribution in [3.63, 3.8) is 0 Å². The fraction of sp³-hybridized carbons (Fsp3) is 0.350. The van der Waals surface area contributed by atoms with Crippen LogP contribution in [-0.4, -0.2) is 39.1 Å². The van der Waals surface area contributed by atoms with Crippen LogP contribution in [0.15, 0.2) is 42.6 Å². The lowest BCUT2D eigenvalue weighted by atomic mass is 10.2. The van der Waals surface area contributed by atoms with Crippen LogP contribution >= 0.6 is 0 Å². The third-order valence-electron chi connectivity index (χ3n) is 5.01. The first-order valence-electron chi connectivity index (χ1n) is 9.24. The Balaban J connectivity index is 1.59. The molecule has 0 radical (unpaired) electrons. The van der Waals surface area contributed by atoms with E-state index in [1.165, 1.54) is 0 Å². The second-order valence-electron chi connectivity index (χ2n) is 6.57. The van der Waals surface area contributed by atoms with Crippen molar-refractivity contribution in [2.75, 3.05) is 19.0 Å². The molecule has 2 amide bonds. The van der Waals surface area contributed by atoms with E-state index in [0.29, 0.717) is 18.1 Å². The summed E-state index contributed by atoms with van der Waals surface area (Å²) in [5.41, 5.74) is 2.73. The van der Waals surface area contributed by atoms with Gasteiger partial charge in [-0.3, -0.25) is 0 Å². The number of hydrogen-bond acceptors (Lipinski definition) is 4. The highest BCUT2D eigenvalue weighted by atomic mass is 16.5. The number of aryl methyl sites for hydroxylation is 1. The number of amides is 2. The zero-order valence-electron chi connectivity index (χ0n) is 15.6. The molecule has 1 aliphatic heterocycles. The Bertz CT molecular complexity index is 951. The topological polar surface area (TPSA) is 72.3 Å². The van der Waals surface area contributed by atoms with Crippen LogP contribution < -0.4 is 10.1 Å². The summed E-state index contributed by atoms with van der Waals surface area (Å²) in [6.45, 7) is 3.65. The molecule has 1 N–H and O–H groups in total. The zero-order chi connectivity index (χ0) is 18.8. The SMILES string of the molecule is CCn1c([C@@H]2CCCN2C(=O)Nc2ccc(OC)nc2)nc2ccccc21. The van der Waals surface area contributed by atoms with Crippen LogP contribution in [0, 0.1) is 0 Å². The number of para-hydroxylation sites is 2. The predicted molar refractivity (Wildman–Crippen MR) is 104 cm³/mol. The molecule has 140 valence electrons. The second-order valence-corrected chi connectivity index (χ2v) is 6.57. The zero-order valence-corrected chi connectivity index (χ0v) is 15.6. The number of ether oxygens (including phenoxy) is 1. The van der Waals surface area contributed by atoms with Crippen molar-refractivity contribution in [3.05, 3.63) is 48.4 Å². The minimum atomic E-state index is -0.126. The molecule has 0 spiro atoms. The van der Waals surface area contributed by atoms with Crippen LogP contribution in [0.4, 0.5) is 10.5 Å². The van der Waals surface area contributed by atoms with Gasteiger partial charge in [-0.15, -0.1) is 0 Å². The molecule has 0 bridgehead atoms. The number of likely N-dealkylation sites (tertiary alicyclic amines) is 1. The van der Waals surface area contributed by atoms with E-state index in [2.05, 4.69) is 27.9 Å². The molecule has 4 rings (SSSR count). The first-order valence-corrected chi connectivity index (χ1v) is 9.24. The largest absolute Gasteiger partial charge is 0.481 e. The van der Waals surface area contributed by atoms with E-state index in [1.54, 1.807) is 25.4 Å². The van der Waals surface area contributed by atoms with E-state index in [0.717, 1.165) is 36.2 Å². The monoisotopic (exact) mass is 365 g/mol. The molecule has 0 saturated carbocycles. The van der Waals surface area contributed by atoms with Gasteiger partial charge in [-0.2, -0.15) is 0 Å². The number of pyridine rings is 1. The van der Waals surface area contributed by atoms with Gasteiger partial charge in [-0.05, 0) is 38.0 Å². The number of fused-ring (bicyclic) bond motifs is 1. The number of nitrogens with zero attached hydrogens (tertiary/aromatic N) is 4. The Morgan fingerprint density at radius 3 is 2.89 bits per heavy atom. The third-order valence-corrected chi connectivity index (χ3v) is 5.01. The number of carbonyl (C=O) groups is 1. The number of nitrogens with one attached hydrogen (secondary N) is 1. The Morgan fingerprint density at radius 1 is 1.30 bits per heavy atom. The molecular formula is C20H23N5O2. The Hall–Kier alpha value is -3.09. The molecule has 1 atom stereocenters. The van der Waals surface area contributed by atoms with Crippen molar-refractivity contribution in [2.24, 2.45) is 0 Å². The maximum Gasteiger partial charge on any atom is 0.322 e. The number of anilines is 1. The van der Waals surface area contributed by atoms with Crippen LogP contribution in [0.25, 0.3) is 11.0 Å². The number of carbonyl (C=O) groups excluding carboxylic acids is 1. The summed E-state index contributed by atoms with van der Waals surface area (Å²) in [4.78, 5) is 23.7. The first kappa shape index (κ1) is 17.3. The minimum absolute atomic E-state index is 0.0245. The van der Waals surface area contributed by atoms with Gasteiger partial charge in [0.05, 0.1) is 36.1 Å². The number of aromatic nitrogens is 3. The first-order chi connectivity index (χ1) is 13.2. The lowest BCUT2D eigenvalue weighted by molar-refractivity contribution is 0.204. The summed E-state index contributed by atoms with van der Waals surface area (Å²) in [5, 5.41) is 2.94. The maximum absolute atomic E-state index is 12.9. The number of imidazole rings is 1. The Kier molecular flexibility index (Phi) is 4.66. The molecule has 1 aromatic carbocycles. The number of hydrogen-bond donors (Lipinski definition) is 1. The normalized spacial score (nSPS) is 16.7. The lowest BCUT2D eigenvalue weighted by Gasteiger charge is -2.25. The standard InChI is InChI=1S/C20H23N5O2/c1-3-24-16-8-5-4-7-15(16)23-19(24)17-9-6-12-25(17)20(26)22-14-10-11-18(27-2)21-13-14/h4-5,7-8,10-11,13,17H,3,6,9,12H2,1-2H3,(H,22,26)/t17-/m0/s1. The molecule has 1 fully saturated rings. The fourth-order valence-corrected chi connectivity index (χ4v) is 3.73. The van der Waals surface area contributed by atoms with Crippen molar-refractivity contribution in [1.82, 2.24) is 19.4 Å². The van der Waals surface area contributed by atoms with E-state index in [9.17, 15) is 4.79 Å².